The quantitative estimate of drug-likeness (QED) is 0.591. The van der Waals surface area contributed by atoms with Crippen molar-refractivity contribution < 1.29 is 0 Å². The van der Waals surface area contributed by atoms with Crippen LogP contribution >= 0.6 is 11.3 Å². The third-order valence-electron chi connectivity index (χ3n) is 4.57. The first-order chi connectivity index (χ1) is 11.9. The van der Waals surface area contributed by atoms with Gasteiger partial charge >= 0.3 is 0 Å². The second-order valence-corrected chi connectivity index (χ2v) is 7.12. The van der Waals surface area contributed by atoms with Gasteiger partial charge in [0, 0.05) is 41.2 Å². The van der Waals surface area contributed by atoms with E-state index in [1.807, 2.05) is 11.3 Å². The second-order valence-electron chi connectivity index (χ2n) is 6.06. The van der Waals surface area contributed by atoms with Gasteiger partial charge in [-0.15, -0.1) is 0 Å². The van der Waals surface area contributed by atoms with Crippen LogP contribution in [-0.2, 0) is 13.0 Å². The van der Waals surface area contributed by atoms with Gasteiger partial charge in [0.05, 0.1) is 11.4 Å². The van der Waals surface area contributed by atoms with Crippen molar-refractivity contribution in [2.75, 3.05) is 6.54 Å². The Labute approximate surface area is 144 Å². The molecule has 0 fully saturated rings. The van der Waals surface area contributed by atoms with E-state index in [9.17, 15) is 0 Å². The summed E-state index contributed by atoms with van der Waals surface area (Å²) in [6, 6.07) is 21.1. The molecule has 4 aromatic rings. The number of nitrogens with zero attached hydrogens (tertiary/aromatic N) is 2. The molecule has 118 valence electrons. The van der Waals surface area contributed by atoms with Gasteiger partial charge in [0.1, 0.15) is 0 Å². The van der Waals surface area contributed by atoms with Gasteiger partial charge in [-0.2, -0.15) is 0 Å². The number of imidazole rings is 1. The Kier molecular flexibility index (Phi) is 3.25. The summed E-state index contributed by atoms with van der Waals surface area (Å²) in [5.74, 6) is 0. The Balaban J connectivity index is 1.85. The number of hydrogen-bond acceptors (Lipinski definition) is 3. The van der Waals surface area contributed by atoms with E-state index in [4.69, 9.17) is 4.98 Å². The first-order valence-electron chi connectivity index (χ1n) is 8.26. The van der Waals surface area contributed by atoms with E-state index >= 15 is 0 Å². The third kappa shape index (κ3) is 2.11. The highest BCUT2D eigenvalue weighted by Gasteiger charge is 2.23. The zero-order valence-electron chi connectivity index (χ0n) is 13.2. The van der Waals surface area contributed by atoms with Crippen molar-refractivity contribution in [2.24, 2.45) is 0 Å². The molecule has 24 heavy (non-hydrogen) atoms. The molecule has 1 N–H and O–H groups in total. The molecule has 0 atom stereocenters. The number of fused-ring (bicyclic) bond motifs is 3. The van der Waals surface area contributed by atoms with E-state index in [2.05, 4.69) is 70.4 Å². The van der Waals surface area contributed by atoms with E-state index in [1.54, 1.807) is 0 Å². The first kappa shape index (κ1) is 14.0. The molecule has 0 amide bonds. The Morgan fingerprint density at radius 2 is 1.62 bits per heavy atom. The zero-order valence-corrected chi connectivity index (χ0v) is 14.0. The summed E-state index contributed by atoms with van der Waals surface area (Å²) in [6.07, 6.45) is 1.06. The highest BCUT2D eigenvalue weighted by atomic mass is 32.1. The van der Waals surface area contributed by atoms with Crippen LogP contribution in [0.5, 0.6) is 0 Å². The highest BCUT2D eigenvalue weighted by Crippen LogP contribution is 2.37. The Morgan fingerprint density at radius 3 is 2.38 bits per heavy atom. The maximum Gasteiger partial charge on any atom is 0.195 e. The molecule has 2 aromatic carbocycles. The average molecular weight is 331 g/mol. The summed E-state index contributed by atoms with van der Waals surface area (Å²) < 4.78 is 2.39. The molecule has 0 bridgehead atoms. The number of hydrogen-bond donors (Lipinski definition) is 1. The molecule has 1 aliphatic heterocycles. The zero-order chi connectivity index (χ0) is 15.9. The molecule has 3 heterocycles. The van der Waals surface area contributed by atoms with E-state index < -0.39 is 0 Å². The van der Waals surface area contributed by atoms with E-state index in [-0.39, 0.29) is 0 Å². The summed E-state index contributed by atoms with van der Waals surface area (Å²) in [5, 5.41) is 3.47. The lowest BCUT2D eigenvalue weighted by molar-refractivity contribution is 0.638. The van der Waals surface area contributed by atoms with Crippen LogP contribution in [0.1, 0.15) is 10.6 Å². The van der Waals surface area contributed by atoms with Gasteiger partial charge in [0.15, 0.2) is 4.96 Å². The summed E-state index contributed by atoms with van der Waals surface area (Å²) >= 11 is 1.81. The Bertz CT molecular complexity index is 1000. The van der Waals surface area contributed by atoms with Crippen LogP contribution in [0, 0.1) is 0 Å². The van der Waals surface area contributed by atoms with E-state index in [0.717, 1.165) is 30.2 Å². The molecule has 2 aromatic heterocycles. The van der Waals surface area contributed by atoms with Crippen LogP contribution in [-0.4, -0.2) is 15.9 Å². The Hall–Kier alpha value is -2.43. The predicted molar refractivity (Wildman–Crippen MR) is 99.4 cm³/mol. The van der Waals surface area contributed by atoms with Crippen LogP contribution < -0.4 is 5.32 Å². The Morgan fingerprint density at radius 1 is 0.917 bits per heavy atom. The molecule has 5 rings (SSSR count). The van der Waals surface area contributed by atoms with Crippen LogP contribution in [0.2, 0.25) is 0 Å². The van der Waals surface area contributed by atoms with Crippen molar-refractivity contribution >= 4 is 16.3 Å². The number of nitrogens with one attached hydrogen (secondary N) is 1. The largest absolute Gasteiger partial charge is 0.311 e. The number of aromatic nitrogens is 2. The molecule has 0 spiro atoms. The lowest BCUT2D eigenvalue weighted by Crippen LogP contribution is -2.23. The van der Waals surface area contributed by atoms with Gasteiger partial charge in [-0.1, -0.05) is 72.0 Å². The van der Waals surface area contributed by atoms with Crippen molar-refractivity contribution in [1.29, 1.82) is 0 Å². The van der Waals surface area contributed by atoms with Gasteiger partial charge in [-0.25, -0.2) is 4.98 Å². The molecular weight excluding hydrogens is 314 g/mol. The second kappa shape index (κ2) is 5.58. The van der Waals surface area contributed by atoms with Gasteiger partial charge in [0.2, 0.25) is 0 Å². The number of thiazole rings is 1. The number of benzene rings is 2. The minimum Gasteiger partial charge on any atom is -0.311 e. The maximum absolute atomic E-state index is 5.02. The molecule has 0 saturated carbocycles. The molecular formula is C20H17N3S. The van der Waals surface area contributed by atoms with E-state index in [0.29, 0.717) is 0 Å². The first-order valence-corrected chi connectivity index (χ1v) is 9.08. The fourth-order valence-corrected chi connectivity index (χ4v) is 4.61. The SMILES string of the molecule is c1ccc(-c2nc3sc4c(n3c2-c2ccccc2)CCNC4)cc1. The topological polar surface area (TPSA) is 29.3 Å². The van der Waals surface area contributed by atoms with Crippen molar-refractivity contribution in [3.63, 3.8) is 0 Å². The van der Waals surface area contributed by atoms with Crippen LogP contribution in [0.4, 0.5) is 0 Å². The summed E-state index contributed by atoms with van der Waals surface area (Å²) in [6.45, 7) is 1.99. The van der Waals surface area contributed by atoms with E-state index in [1.165, 1.54) is 27.4 Å². The lowest BCUT2D eigenvalue weighted by Gasteiger charge is -2.14. The van der Waals surface area contributed by atoms with Crippen molar-refractivity contribution in [3.05, 3.63) is 71.2 Å². The monoisotopic (exact) mass is 331 g/mol. The molecule has 0 saturated heterocycles. The van der Waals surface area contributed by atoms with Crippen LogP contribution in [0.25, 0.3) is 27.5 Å². The predicted octanol–water partition coefficient (Wildman–Crippen LogP) is 4.38. The highest BCUT2D eigenvalue weighted by molar-refractivity contribution is 7.17. The van der Waals surface area contributed by atoms with Crippen LogP contribution in [0.15, 0.2) is 60.7 Å². The number of rotatable bonds is 2. The summed E-state index contributed by atoms with van der Waals surface area (Å²) in [5.41, 5.74) is 6.12. The molecule has 0 radical (unpaired) electrons. The minimum absolute atomic E-state index is 0.957. The summed E-state index contributed by atoms with van der Waals surface area (Å²) in [4.78, 5) is 7.53. The van der Waals surface area contributed by atoms with Gasteiger partial charge in [-0.05, 0) is 0 Å². The van der Waals surface area contributed by atoms with Crippen molar-refractivity contribution in [2.45, 2.75) is 13.0 Å². The standard InChI is InChI=1S/C20H17N3S/c1-3-7-14(8-4-1)18-19(15-9-5-2-6-10-15)23-16-11-12-21-13-17(16)24-20(23)22-18/h1-10,21H,11-13H2. The van der Waals surface area contributed by atoms with Crippen LogP contribution in [0.3, 0.4) is 0 Å². The van der Waals surface area contributed by atoms with Gasteiger partial charge in [-0.3, -0.25) is 4.40 Å². The normalized spacial score (nSPS) is 14.0. The maximum atomic E-state index is 5.02. The van der Waals surface area contributed by atoms with Crippen molar-refractivity contribution in [3.8, 4) is 22.5 Å². The van der Waals surface area contributed by atoms with Gasteiger partial charge < -0.3 is 5.32 Å². The molecule has 4 heteroatoms. The summed E-state index contributed by atoms with van der Waals surface area (Å²) in [7, 11) is 0. The lowest BCUT2D eigenvalue weighted by atomic mass is 10.0. The third-order valence-corrected chi connectivity index (χ3v) is 5.65. The fourth-order valence-electron chi connectivity index (χ4n) is 3.47. The molecule has 0 unspecified atom stereocenters. The average Bonchev–Trinajstić information content (AvgIpc) is 3.19. The smallest absolute Gasteiger partial charge is 0.195 e. The molecule has 0 aliphatic carbocycles. The fraction of sp³-hybridized carbons (Fsp3) is 0.150. The van der Waals surface area contributed by atoms with Crippen molar-refractivity contribution in [1.82, 2.24) is 14.7 Å². The van der Waals surface area contributed by atoms with Gasteiger partial charge in [0.25, 0.3) is 0 Å². The minimum atomic E-state index is 0.957. The molecule has 1 aliphatic rings. The molecule has 3 nitrogen and oxygen atoms in total.